The number of rotatable bonds is 1. The number of nitrogens with zero attached hydrogens (tertiary/aromatic N) is 1. The van der Waals surface area contributed by atoms with Crippen LogP contribution in [0.25, 0.3) is 0 Å². The summed E-state index contributed by atoms with van der Waals surface area (Å²) in [4.78, 5) is 5.10. The van der Waals surface area contributed by atoms with Crippen LogP contribution in [0.3, 0.4) is 0 Å². The van der Waals surface area contributed by atoms with Crippen LogP contribution >= 0.6 is 23.2 Å². The molecule has 2 saturated carbocycles. The zero-order chi connectivity index (χ0) is 21.5. The summed E-state index contributed by atoms with van der Waals surface area (Å²) in [5, 5.41) is 15.8. The minimum atomic E-state index is -0.893. The molecular weight excluding hydrogens is 427 g/mol. The zero-order valence-electron chi connectivity index (χ0n) is 17.5. The van der Waals surface area contributed by atoms with Gasteiger partial charge in [-0.3, -0.25) is 4.99 Å². The van der Waals surface area contributed by atoms with E-state index in [1.807, 2.05) is 30.3 Å². The molecule has 160 valence electrons. The van der Waals surface area contributed by atoms with Crippen molar-refractivity contribution in [3.63, 3.8) is 0 Å². The molecule has 0 amide bonds. The SMILES string of the molecule is OC1(C#Cc2cc(Cl)ccc2N=C2CC3(CCCC3)Nc3ccc(Cl)cc32)CCCC1. The predicted octanol–water partition coefficient (Wildman–Crippen LogP) is 6.90. The van der Waals surface area contributed by atoms with Crippen molar-refractivity contribution in [1.82, 2.24) is 0 Å². The van der Waals surface area contributed by atoms with Gasteiger partial charge >= 0.3 is 0 Å². The molecule has 0 unspecified atom stereocenters. The maximum absolute atomic E-state index is 10.7. The normalized spacial score (nSPS) is 22.1. The topological polar surface area (TPSA) is 44.6 Å². The third kappa shape index (κ3) is 4.35. The Hall–Kier alpha value is -1.99. The molecule has 3 aliphatic rings. The summed E-state index contributed by atoms with van der Waals surface area (Å²) in [6, 6.07) is 11.6. The standard InChI is InChI=1S/C26H26Cl2N2O/c27-19-5-7-22(18(15-19)9-14-26(31)12-3-4-13-26)29-24-17-25(10-1-2-11-25)30-23-8-6-20(28)16-21(23)24/h5-8,15-16,30-31H,1-4,10-13,17H2. The van der Waals surface area contributed by atoms with Gasteiger partial charge in [0.25, 0.3) is 0 Å². The van der Waals surface area contributed by atoms with Gasteiger partial charge in [-0.05, 0) is 74.9 Å². The molecule has 0 aromatic heterocycles. The fourth-order valence-electron chi connectivity index (χ4n) is 5.18. The van der Waals surface area contributed by atoms with E-state index >= 15 is 0 Å². The number of anilines is 1. The fraction of sp³-hybridized carbons (Fsp3) is 0.423. The average Bonchev–Trinajstić information content (AvgIpc) is 3.38. The molecule has 1 heterocycles. The third-order valence-electron chi connectivity index (χ3n) is 6.83. The Kier molecular flexibility index (Phi) is 5.51. The second kappa shape index (κ2) is 8.17. The Morgan fingerprint density at radius 2 is 1.58 bits per heavy atom. The zero-order valence-corrected chi connectivity index (χ0v) is 19.0. The maximum atomic E-state index is 10.7. The van der Waals surface area contributed by atoms with Crippen LogP contribution in [0.2, 0.25) is 10.0 Å². The van der Waals surface area contributed by atoms with Gasteiger partial charge in [0.2, 0.25) is 0 Å². The minimum absolute atomic E-state index is 0.0664. The van der Waals surface area contributed by atoms with Crippen LogP contribution in [0.4, 0.5) is 11.4 Å². The van der Waals surface area contributed by atoms with Crippen molar-refractivity contribution in [2.45, 2.75) is 68.9 Å². The van der Waals surface area contributed by atoms with Gasteiger partial charge < -0.3 is 10.4 Å². The Morgan fingerprint density at radius 3 is 2.35 bits per heavy atom. The Bertz CT molecular complexity index is 1100. The lowest BCUT2D eigenvalue weighted by Crippen LogP contribution is -2.41. The largest absolute Gasteiger partial charge is 0.379 e. The van der Waals surface area contributed by atoms with Crippen molar-refractivity contribution < 1.29 is 5.11 Å². The van der Waals surface area contributed by atoms with E-state index in [0.717, 1.165) is 73.2 Å². The molecule has 3 nitrogen and oxygen atoms in total. The van der Waals surface area contributed by atoms with Crippen LogP contribution in [0, 0.1) is 11.8 Å². The number of halogens is 2. The summed E-state index contributed by atoms with van der Waals surface area (Å²) < 4.78 is 0. The second-order valence-corrected chi connectivity index (χ2v) is 10.1. The molecule has 2 N–H and O–H groups in total. The van der Waals surface area contributed by atoms with E-state index in [2.05, 4.69) is 23.2 Å². The van der Waals surface area contributed by atoms with Gasteiger partial charge in [-0.1, -0.05) is 47.9 Å². The molecular formula is C26H26Cl2N2O. The van der Waals surface area contributed by atoms with Gasteiger partial charge in [-0.25, -0.2) is 0 Å². The smallest absolute Gasteiger partial charge is 0.125 e. The Balaban J connectivity index is 1.58. The monoisotopic (exact) mass is 452 g/mol. The highest BCUT2D eigenvalue weighted by atomic mass is 35.5. The van der Waals surface area contributed by atoms with Crippen LogP contribution in [0.5, 0.6) is 0 Å². The minimum Gasteiger partial charge on any atom is -0.379 e. The quantitative estimate of drug-likeness (QED) is 0.462. The number of aliphatic imine (C=N–C) groups is 1. The van der Waals surface area contributed by atoms with Crippen LogP contribution in [-0.2, 0) is 0 Å². The number of hydrogen-bond acceptors (Lipinski definition) is 3. The molecule has 0 atom stereocenters. The Labute approximate surface area is 193 Å². The first kappa shape index (κ1) is 20.9. The van der Waals surface area contributed by atoms with E-state index in [-0.39, 0.29) is 5.54 Å². The molecule has 5 heteroatoms. The van der Waals surface area contributed by atoms with Crippen molar-refractivity contribution in [2.75, 3.05) is 5.32 Å². The molecule has 5 rings (SSSR count). The number of fused-ring (bicyclic) bond motifs is 1. The van der Waals surface area contributed by atoms with Crippen molar-refractivity contribution >= 4 is 40.3 Å². The number of benzene rings is 2. The number of aliphatic hydroxyl groups is 1. The van der Waals surface area contributed by atoms with E-state index in [1.54, 1.807) is 0 Å². The van der Waals surface area contributed by atoms with Gasteiger partial charge in [0, 0.05) is 33.3 Å². The first-order chi connectivity index (χ1) is 14.9. The molecule has 0 radical (unpaired) electrons. The lowest BCUT2D eigenvalue weighted by molar-refractivity contribution is 0.110. The van der Waals surface area contributed by atoms with Gasteiger partial charge in [0.15, 0.2) is 0 Å². The lowest BCUT2D eigenvalue weighted by Gasteiger charge is -2.37. The van der Waals surface area contributed by atoms with E-state index in [0.29, 0.717) is 10.0 Å². The molecule has 0 saturated heterocycles. The summed E-state index contributed by atoms with van der Waals surface area (Å²) >= 11 is 12.6. The highest BCUT2D eigenvalue weighted by Crippen LogP contribution is 2.43. The van der Waals surface area contributed by atoms with Crippen molar-refractivity contribution in [1.29, 1.82) is 0 Å². The summed E-state index contributed by atoms with van der Waals surface area (Å²) in [5.74, 6) is 6.29. The van der Waals surface area contributed by atoms with Crippen LogP contribution in [0.15, 0.2) is 41.4 Å². The van der Waals surface area contributed by atoms with E-state index in [4.69, 9.17) is 28.2 Å². The van der Waals surface area contributed by atoms with Crippen molar-refractivity contribution in [3.8, 4) is 11.8 Å². The Morgan fingerprint density at radius 1 is 0.903 bits per heavy atom. The van der Waals surface area contributed by atoms with Crippen LogP contribution in [-0.4, -0.2) is 22.0 Å². The molecule has 2 aromatic carbocycles. The summed E-state index contributed by atoms with van der Waals surface area (Å²) in [6.07, 6.45) is 9.11. The average molecular weight is 453 g/mol. The van der Waals surface area contributed by atoms with Gasteiger partial charge in [-0.15, -0.1) is 0 Å². The third-order valence-corrected chi connectivity index (χ3v) is 7.30. The highest BCUT2D eigenvalue weighted by Gasteiger charge is 2.39. The number of hydrogen-bond donors (Lipinski definition) is 2. The van der Waals surface area contributed by atoms with Gasteiger partial charge in [-0.2, -0.15) is 0 Å². The first-order valence-electron chi connectivity index (χ1n) is 11.1. The highest BCUT2D eigenvalue weighted by molar-refractivity contribution is 6.31. The van der Waals surface area contributed by atoms with E-state index in [9.17, 15) is 5.11 Å². The van der Waals surface area contributed by atoms with Crippen LogP contribution in [0.1, 0.15) is 68.9 Å². The summed E-state index contributed by atoms with van der Waals surface area (Å²) in [7, 11) is 0. The molecule has 2 aliphatic carbocycles. The van der Waals surface area contributed by atoms with E-state index in [1.165, 1.54) is 12.8 Å². The number of nitrogens with one attached hydrogen (secondary N) is 1. The summed E-state index contributed by atoms with van der Waals surface area (Å²) in [5.41, 5.74) is 3.89. The van der Waals surface area contributed by atoms with Crippen molar-refractivity contribution in [3.05, 3.63) is 57.6 Å². The molecule has 31 heavy (non-hydrogen) atoms. The molecule has 2 aromatic rings. The van der Waals surface area contributed by atoms with Gasteiger partial charge in [0.05, 0.1) is 17.0 Å². The molecule has 1 aliphatic heterocycles. The summed E-state index contributed by atoms with van der Waals surface area (Å²) in [6.45, 7) is 0. The first-order valence-corrected chi connectivity index (χ1v) is 11.9. The second-order valence-electron chi connectivity index (χ2n) is 9.19. The maximum Gasteiger partial charge on any atom is 0.125 e. The van der Waals surface area contributed by atoms with E-state index < -0.39 is 5.60 Å². The lowest BCUT2D eigenvalue weighted by atomic mass is 9.83. The fourth-order valence-corrected chi connectivity index (χ4v) is 5.53. The van der Waals surface area contributed by atoms with Crippen molar-refractivity contribution in [2.24, 2.45) is 4.99 Å². The molecule has 2 fully saturated rings. The molecule has 0 bridgehead atoms. The predicted molar refractivity (Wildman–Crippen MR) is 129 cm³/mol. The molecule has 1 spiro atoms. The van der Waals surface area contributed by atoms with Gasteiger partial charge in [0.1, 0.15) is 5.60 Å². The van der Waals surface area contributed by atoms with Crippen LogP contribution < -0.4 is 5.32 Å².